The first kappa shape index (κ1) is 24.3. The molecule has 3 rings (SSSR count). The van der Waals surface area contributed by atoms with Gasteiger partial charge < -0.3 is 15.4 Å². The molecule has 0 radical (unpaired) electrons. The van der Waals surface area contributed by atoms with Crippen molar-refractivity contribution in [2.45, 2.75) is 70.8 Å². The van der Waals surface area contributed by atoms with Crippen LogP contribution < -0.4 is 15.4 Å². The van der Waals surface area contributed by atoms with Crippen LogP contribution in [-0.4, -0.2) is 24.5 Å². The lowest BCUT2D eigenvalue weighted by Gasteiger charge is -2.23. The van der Waals surface area contributed by atoms with E-state index in [4.69, 9.17) is 4.74 Å². The van der Waals surface area contributed by atoms with Crippen molar-refractivity contribution >= 4 is 33.4 Å². The summed E-state index contributed by atoms with van der Waals surface area (Å²) in [6.45, 7) is 2.74. The molecule has 2 aromatic rings. The summed E-state index contributed by atoms with van der Waals surface area (Å²) < 4.78 is 6.71. The Labute approximate surface area is 199 Å². The molecule has 2 N–H and O–H groups in total. The first-order valence-corrected chi connectivity index (χ1v) is 12.5. The van der Waals surface area contributed by atoms with Crippen LogP contribution in [0.2, 0.25) is 0 Å². The highest BCUT2D eigenvalue weighted by atomic mass is 79.9. The molecule has 0 atom stereocenters. The van der Waals surface area contributed by atoms with Gasteiger partial charge in [-0.25, -0.2) is 0 Å². The lowest BCUT2D eigenvalue weighted by atomic mass is 9.95. The number of carbonyl (C=O) groups is 2. The lowest BCUT2D eigenvalue weighted by molar-refractivity contribution is 0.0928. The summed E-state index contributed by atoms with van der Waals surface area (Å²) in [5, 5.41) is 6.05. The van der Waals surface area contributed by atoms with Gasteiger partial charge in [0.1, 0.15) is 5.75 Å². The van der Waals surface area contributed by atoms with E-state index < -0.39 is 0 Å². The average Bonchev–Trinajstić information content (AvgIpc) is 2.80. The zero-order chi connectivity index (χ0) is 22.8. The Bertz CT molecular complexity index is 910. The van der Waals surface area contributed by atoms with Crippen molar-refractivity contribution in [3.05, 3.63) is 58.1 Å². The molecule has 0 aromatic heterocycles. The highest BCUT2D eigenvalue weighted by Crippen LogP contribution is 2.26. The molecule has 0 heterocycles. The molecular weight excluding hydrogens is 468 g/mol. The zero-order valence-corrected chi connectivity index (χ0v) is 20.4. The fourth-order valence-corrected chi connectivity index (χ4v) is 4.37. The number of para-hydroxylation sites is 1. The topological polar surface area (TPSA) is 67.4 Å². The van der Waals surface area contributed by atoms with Crippen molar-refractivity contribution in [2.24, 2.45) is 0 Å². The molecule has 1 aliphatic carbocycles. The molecule has 1 fully saturated rings. The molecule has 2 amide bonds. The second-order valence-corrected chi connectivity index (χ2v) is 9.27. The van der Waals surface area contributed by atoms with Gasteiger partial charge in [0.2, 0.25) is 0 Å². The molecular formula is C26H33BrN2O3. The lowest BCUT2D eigenvalue weighted by Crippen LogP contribution is -2.36. The van der Waals surface area contributed by atoms with E-state index in [2.05, 4.69) is 33.5 Å². The van der Waals surface area contributed by atoms with E-state index in [1.165, 1.54) is 19.3 Å². The van der Waals surface area contributed by atoms with Gasteiger partial charge in [-0.2, -0.15) is 0 Å². The summed E-state index contributed by atoms with van der Waals surface area (Å²) in [4.78, 5) is 26.0. The highest BCUT2D eigenvalue weighted by molar-refractivity contribution is 9.10. The van der Waals surface area contributed by atoms with Gasteiger partial charge >= 0.3 is 0 Å². The average molecular weight is 501 g/mol. The standard InChI is InChI=1S/C26H33BrN2O3/c1-2-3-4-10-17-32-24-16-15-19(27)18-22(24)26(31)29-23-14-9-8-13-21(23)25(30)28-20-11-6-5-7-12-20/h8-9,13-16,18,20H,2-7,10-12,17H2,1H3,(H,28,30)(H,29,31). The molecule has 0 unspecified atom stereocenters. The molecule has 1 aliphatic rings. The SMILES string of the molecule is CCCCCCOc1ccc(Br)cc1C(=O)Nc1ccccc1C(=O)NC1CCCCC1. The minimum Gasteiger partial charge on any atom is -0.493 e. The second kappa shape index (κ2) is 12.6. The molecule has 0 spiro atoms. The Kier molecular flexibility index (Phi) is 9.60. The summed E-state index contributed by atoms with van der Waals surface area (Å²) in [7, 11) is 0. The van der Waals surface area contributed by atoms with Crippen LogP contribution in [0.1, 0.15) is 85.4 Å². The normalized spacial score (nSPS) is 14.1. The summed E-state index contributed by atoms with van der Waals surface area (Å²) in [6.07, 6.45) is 9.95. The van der Waals surface area contributed by atoms with Crippen LogP contribution in [0.4, 0.5) is 5.69 Å². The molecule has 32 heavy (non-hydrogen) atoms. The fourth-order valence-electron chi connectivity index (χ4n) is 4.01. The molecule has 0 bridgehead atoms. The highest BCUT2D eigenvalue weighted by Gasteiger charge is 2.20. The van der Waals surface area contributed by atoms with E-state index in [0.717, 1.165) is 43.0 Å². The van der Waals surface area contributed by atoms with E-state index in [9.17, 15) is 9.59 Å². The monoisotopic (exact) mass is 500 g/mol. The minimum absolute atomic E-state index is 0.144. The van der Waals surface area contributed by atoms with Crippen LogP contribution in [0.5, 0.6) is 5.75 Å². The Balaban J connectivity index is 1.70. The third-order valence-corrected chi connectivity index (χ3v) is 6.30. The number of ether oxygens (including phenoxy) is 1. The summed E-state index contributed by atoms with van der Waals surface area (Å²) in [5.41, 5.74) is 1.42. The first-order chi connectivity index (χ1) is 15.6. The van der Waals surface area contributed by atoms with Crippen LogP contribution in [0.3, 0.4) is 0 Å². The van der Waals surface area contributed by atoms with Crippen LogP contribution in [0.15, 0.2) is 46.9 Å². The second-order valence-electron chi connectivity index (χ2n) is 8.36. The predicted octanol–water partition coefficient (Wildman–Crippen LogP) is 6.72. The van der Waals surface area contributed by atoms with E-state index in [-0.39, 0.29) is 17.9 Å². The fraction of sp³-hybridized carbons (Fsp3) is 0.462. The number of unbranched alkanes of at least 4 members (excludes halogenated alkanes) is 3. The number of anilines is 1. The number of benzene rings is 2. The van der Waals surface area contributed by atoms with Crippen molar-refractivity contribution < 1.29 is 14.3 Å². The molecule has 172 valence electrons. The Morgan fingerprint density at radius 2 is 1.75 bits per heavy atom. The Morgan fingerprint density at radius 1 is 0.969 bits per heavy atom. The maximum atomic E-state index is 13.1. The van der Waals surface area contributed by atoms with Crippen LogP contribution in [-0.2, 0) is 0 Å². The van der Waals surface area contributed by atoms with Gasteiger partial charge in [0.15, 0.2) is 0 Å². The van der Waals surface area contributed by atoms with E-state index in [1.54, 1.807) is 24.3 Å². The largest absolute Gasteiger partial charge is 0.493 e. The number of hydrogen-bond acceptors (Lipinski definition) is 3. The van der Waals surface area contributed by atoms with Gasteiger partial charge in [-0.15, -0.1) is 0 Å². The van der Waals surface area contributed by atoms with Gasteiger partial charge in [0.25, 0.3) is 11.8 Å². The Hall–Kier alpha value is -2.34. The van der Waals surface area contributed by atoms with Gasteiger partial charge in [-0.05, 0) is 49.6 Å². The number of halogens is 1. The molecule has 0 aliphatic heterocycles. The van der Waals surface area contributed by atoms with E-state index >= 15 is 0 Å². The van der Waals surface area contributed by atoms with Crippen molar-refractivity contribution in [1.29, 1.82) is 0 Å². The summed E-state index contributed by atoms with van der Waals surface area (Å²) in [6, 6.07) is 12.8. The van der Waals surface area contributed by atoms with Gasteiger partial charge in [0.05, 0.1) is 23.4 Å². The maximum Gasteiger partial charge on any atom is 0.259 e. The van der Waals surface area contributed by atoms with Crippen LogP contribution in [0, 0.1) is 0 Å². The van der Waals surface area contributed by atoms with Crippen molar-refractivity contribution in [3.63, 3.8) is 0 Å². The van der Waals surface area contributed by atoms with E-state index in [0.29, 0.717) is 29.2 Å². The molecule has 1 saturated carbocycles. The molecule has 6 heteroatoms. The minimum atomic E-state index is -0.298. The van der Waals surface area contributed by atoms with Crippen molar-refractivity contribution in [1.82, 2.24) is 5.32 Å². The van der Waals surface area contributed by atoms with Crippen molar-refractivity contribution in [3.8, 4) is 5.75 Å². The van der Waals surface area contributed by atoms with E-state index in [1.807, 2.05) is 18.2 Å². The molecule has 0 saturated heterocycles. The molecule has 2 aromatic carbocycles. The third kappa shape index (κ3) is 7.09. The molecule has 5 nitrogen and oxygen atoms in total. The van der Waals surface area contributed by atoms with Gasteiger partial charge in [-0.3, -0.25) is 9.59 Å². The number of carbonyl (C=O) groups excluding carboxylic acids is 2. The number of hydrogen-bond donors (Lipinski definition) is 2. The third-order valence-electron chi connectivity index (χ3n) is 5.80. The van der Waals surface area contributed by atoms with Gasteiger partial charge in [0, 0.05) is 10.5 Å². The predicted molar refractivity (Wildman–Crippen MR) is 133 cm³/mol. The summed E-state index contributed by atoms with van der Waals surface area (Å²) in [5.74, 6) is 0.105. The quantitative estimate of drug-likeness (QED) is 0.355. The van der Waals surface area contributed by atoms with Gasteiger partial charge in [-0.1, -0.05) is 73.5 Å². The first-order valence-electron chi connectivity index (χ1n) is 11.7. The number of nitrogens with one attached hydrogen (secondary N) is 2. The number of rotatable bonds is 10. The van der Waals surface area contributed by atoms with Crippen LogP contribution in [0.25, 0.3) is 0 Å². The smallest absolute Gasteiger partial charge is 0.259 e. The zero-order valence-electron chi connectivity index (χ0n) is 18.8. The maximum absolute atomic E-state index is 13.1. The summed E-state index contributed by atoms with van der Waals surface area (Å²) >= 11 is 3.45. The van der Waals surface area contributed by atoms with Crippen LogP contribution >= 0.6 is 15.9 Å². The Morgan fingerprint density at radius 3 is 2.53 bits per heavy atom. The van der Waals surface area contributed by atoms with Crippen molar-refractivity contribution in [2.75, 3.05) is 11.9 Å². The number of amides is 2.